The van der Waals surface area contributed by atoms with Gasteiger partial charge in [-0.05, 0) is 24.6 Å². The molecule has 0 aliphatic rings. The first-order valence-corrected chi connectivity index (χ1v) is 7.11. The number of hydrogen-bond donors (Lipinski definition) is 0. The average molecular weight is 289 g/mol. The zero-order valence-corrected chi connectivity index (χ0v) is 12.2. The summed E-state index contributed by atoms with van der Waals surface area (Å²) in [4.78, 5) is 28.6. The van der Waals surface area contributed by atoms with E-state index in [1.807, 2.05) is 49.4 Å². The van der Waals surface area contributed by atoms with Gasteiger partial charge in [0.2, 0.25) is 0 Å². The molecule has 108 valence electrons. The number of hydrogen-bond acceptors (Lipinski definition) is 3. The van der Waals surface area contributed by atoms with Crippen LogP contribution >= 0.6 is 0 Å². The number of aldehydes is 1. The monoisotopic (exact) mass is 289 g/mol. The van der Waals surface area contributed by atoms with Gasteiger partial charge in [-0.15, -0.1) is 0 Å². The van der Waals surface area contributed by atoms with Gasteiger partial charge in [0.1, 0.15) is 12.2 Å². The van der Waals surface area contributed by atoms with Gasteiger partial charge < -0.3 is 4.79 Å². The van der Waals surface area contributed by atoms with Crippen molar-refractivity contribution >= 4 is 23.0 Å². The van der Waals surface area contributed by atoms with Crippen molar-refractivity contribution in [2.24, 2.45) is 0 Å². The molecule has 2 aromatic carbocycles. The fraction of sp³-hybridized carbons (Fsp3) is 0.105. The second kappa shape index (κ2) is 5.90. The SMILES string of the molecule is Cc1ccccc1C(=O)C(C=O)c1ccc2ccccc2n1. The number of benzene rings is 2. The molecule has 1 heterocycles. The van der Waals surface area contributed by atoms with E-state index in [9.17, 15) is 9.59 Å². The number of carbonyl (C=O) groups is 2. The normalized spacial score (nSPS) is 12.0. The molecule has 0 bridgehead atoms. The zero-order valence-electron chi connectivity index (χ0n) is 12.2. The predicted octanol–water partition coefficient (Wildman–Crippen LogP) is 3.71. The summed E-state index contributed by atoms with van der Waals surface area (Å²) in [5, 5.41) is 0.985. The minimum Gasteiger partial charge on any atom is -0.302 e. The highest BCUT2D eigenvalue weighted by atomic mass is 16.1. The second-order valence-electron chi connectivity index (χ2n) is 5.22. The Morgan fingerprint density at radius 3 is 2.50 bits per heavy atom. The summed E-state index contributed by atoms with van der Waals surface area (Å²) in [5.41, 5.74) is 2.70. The van der Waals surface area contributed by atoms with E-state index in [-0.39, 0.29) is 5.78 Å². The Bertz CT molecular complexity index is 855. The molecule has 0 radical (unpaired) electrons. The standard InChI is InChI=1S/C19H15NO2/c1-13-6-2-4-8-15(13)19(22)16(12-21)18-11-10-14-7-3-5-9-17(14)20-18/h2-12,16H,1H3. The largest absolute Gasteiger partial charge is 0.302 e. The molecule has 0 aliphatic carbocycles. The van der Waals surface area contributed by atoms with E-state index in [1.54, 1.807) is 18.2 Å². The summed E-state index contributed by atoms with van der Waals surface area (Å²) in [6, 6.07) is 18.6. The first-order chi connectivity index (χ1) is 10.7. The Morgan fingerprint density at radius 1 is 1.00 bits per heavy atom. The molecule has 0 N–H and O–H groups in total. The number of rotatable bonds is 4. The molecule has 0 saturated heterocycles. The molecule has 3 rings (SSSR count). The summed E-state index contributed by atoms with van der Waals surface area (Å²) in [7, 11) is 0. The van der Waals surface area contributed by atoms with Gasteiger partial charge in [-0.1, -0.05) is 48.5 Å². The average Bonchev–Trinajstić information content (AvgIpc) is 2.55. The maximum atomic E-state index is 12.7. The molecule has 0 spiro atoms. The highest BCUT2D eigenvalue weighted by Crippen LogP contribution is 2.22. The Morgan fingerprint density at radius 2 is 1.73 bits per heavy atom. The number of aromatic nitrogens is 1. The van der Waals surface area contributed by atoms with E-state index >= 15 is 0 Å². The van der Waals surface area contributed by atoms with Gasteiger partial charge in [0.25, 0.3) is 0 Å². The van der Waals surface area contributed by atoms with Gasteiger partial charge in [0.05, 0.1) is 11.2 Å². The van der Waals surface area contributed by atoms with Gasteiger partial charge >= 0.3 is 0 Å². The summed E-state index contributed by atoms with van der Waals surface area (Å²) in [5.74, 6) is -1.08. The first kappa shape index (κ1) is 14.1. The van der Waals surface area contributed by atoms with Crippen LogP contribution in [0.25, 0.3) is 10.9 Å². The van der Waals surface area contributed by atoms with Crippen LogP contribution in [0.2, 0.25) is 0 Å². The fourth-order valence-electron chi connectivity index (χ4n) is 2.54. The molecule has 0 saturated carbocycles. The van der Waals surface area contributed by atoms with Crippen LogP contribution in [0, 0.1) is 6.92 Å². The lowest BCUT2D eigenvalue weighted by Gasteiger charge is -2.11. The summed E-state index contributed by atoms with van der Waals surface area (Å²) >= 11 is 0. The second-order valence-corrected chi connectivity index (χ2v) is 5.22. The van der Waals surface area contributed by atoms with Crippen molar-refractivity contribution in [2.75, 3.05) is 0 Å². The molecule has 0 aliphatic heterocycles. The van der Waals surface area contributed by atoms with Crippen LogP contribution in [-0.2, 0) is 4.79 Å². The molecule has 22 heavy (non-hydrogen) atoms. The van der Waals surface area contributed by atoms with Gasteiger partial charge in [-0.2, -0.15) is 0 Å². The Labute approximate surface area is 128 Å². The van der Waals surface area contributed by atoms with E-state index in [2.05, 4.69) is 4.98 Å². The third kappa shape index (κ3) is 2.53. The summed E-state index contributed by atoms with van der Waals surface area (Å²) in [6.07, 6.45) is 0.673. The molecular formula is C19H15NO2. The van der Waals surface area contributed by atoms with Crippen LogP contribution < -0.4 is 0 Å². The quantitative estimate of drug-likeness (QED) is 0.418. The predicted molar refractivity (Wildman–Crippen MR) is 86.1 cm³/mol. The summed E-state index contributed by atoms with van der Waals surface area (Å²) in [6.45, 7) is 1.86. The molecule has 0 amide bonds. The molecule has 3 heteroatoms. The molecule has 1 atom stereocenters. The number of aryl methyl sites for hydroxylation is 1. The molecular weight excluding hydrogens is 274 g/mol. The van der Waals surface area contributed by atoms with Crippen LogP contribution in [0.3, 0.4) is 0 Å². The molecule has 1 unspecified atom stereocenters. The van der Waals surface area contributed by atoms with Crippen molar-refractivity contribution in [3.8, 4) is 0 Å². The number of para-hydroxylation sites is 1. The number of fused-ring (bicyclic) bond motifs is 1. The smallest absolute Gasteiger partial charge is 0.179 e. The van der Waals surface area contributed by atoms with E-state index in [0.29, 0.717) is 17.5 Å². The van der Waals surface area contributed by atoms with Crippen molar-refractivity contribution in [3.05, 3.63) is 77.5 Å². The number of carbonyl (C=O) groups excluding carboxylic acids is 2. The molecule has 0 fully saturated rings. The molecule has 3 nitrogen and oxygen atoms in total. The third-order valence-corrected chi connectivity index (χ3v) is 3.77. The first-order valence-electron chi connectivity index (χ1n) is 7.11. The van der Waals surface area contributed by atoms with Crippen LogP contribution in [0.15, 0.2) is 60.7 Å². The van der Waals surface area contributed by atoms with Crippen molar-refractivity contribution in [3.63, 3.8) is 0 Å². The highest BCUT2D eigenvalue weighted by molar-refractivity contribution is 6.10. The number of ketones is 1. The van der Waals surface area contributed by atoms with Crippen LogP contribution in [0.4, 0.5) is 0 Å². The Balaban J connectivity index is 2.04. The van der Waals surface area contributed by atoms with Gasteiger partial charge in [-0.25, -0.2) is 0 Å². The van der Waals surface area contributed by atoms with E-state index in [4.69, 9.17) is 0 Å². The minimum absolute atomic E-state index is 0.212. The Hall–Kier alpha value is -2.81. The zero-order chi connectivity index (χ0) is 15.5. The number of pyridine rings is 1. The molecule has 1 aromatic heterocycles. The van der Waals surface area contributed by atoms with E-state index < -0.39 is 5.92 Å². The third-order valence-electron chi connectivity index (χ3n) is 3.77. The van der Waals surface area contributed by atoms with Crippen molar-refractivity contribution in [2.45, 2.75) is 12.8 Å². The Kier molecular flexibility index (Phi) is 3.79. The van der Waals surface area contributed by atoms with Gasteiger partial charge in [0, 0.05) is 10.9 Å². The minimum atomic E-state index is -0.870. The number of Topliss-reactive ketones (excluding diaryl/α,β-unsaturated/α-hetero) is 1. The highest BCUT2D eigenvalue weighted by Gasteiger charge is 2.24. The van der Waals surface area contributed by atoms with Crippen molar-refractivity contribution < 1.29 is 9.59 Å². The maximum Gasteiger partial charge on any atom is 0.179 e. The lowest BCUT2D eigenvalue weighted by molar-refractivity contribution is -0.108. The van der Waals surface area contributed by atoms with Crippen LogP contribution in [0.5, 0.6) is 0 Å². The van der Waals surface area contributed by atoms with Crippen molar-refractivity contribution in [1.29, 1.82) is 0 Å². The lowest BCUT2D eigenvalue weighted by atomic mass is 9.92. The molecule has 3 aromatic rings. The van der Waals surface area contributed by atoms with Crippen molar-refractivity contribution in [1.82, 2.24) is 4.98 Å². The van der Waals surface area contributed by atoms with E-state index in [0.717, 1.165) is 16.5 Å². The fourth-order valence-corrected chi connectivity index (χ4v) is 2.54. The maximum absolute atomic E-state index is 12.7. The van der Waals surface area contributed by atoms with E-state index in [1.165, 1.54) is 0 Å². The van der Waals surface area contributed by atoms with Crippen LogP contribution in [0.1, 0.15) is 27.5 Å². The summed E-state index contributed by atoms with van der Waals surface area (Å²) < 4.78 is 0. The lowest BCUT2D eigenvalue weighted by Crippen LogP contribution is -2.16. The topological polar surface area (TPSA) is 47.0 Å². The van der Waals surface area contributed by atoms with Gasteiger partial charge in [-0.3, -0.25) is 9.78 Å². The van der Waals surface area contributed by atoms with Gasteiger partial charge in [0.15, 0.2) is 5.78 Å². The number of nitrogens with zero attached hydrogens (tertiary/aromatic N) is 1. The van der Waals surface area contributed by atoms with Crippen LogP contribution in [-0.4, -0.2) is 17.1 Å².